The summed E-state index contributed by atoms with van der Waals surface area (Å²) in [6.45, 7) is 3.44. The second-order valence-electron chi connectivity index (χ2n) is 4.40. The SMILES string of the molecule is Cc1cc(Oc2cccc([N+](=O)[O-])c2C)ccc1C=O. The number of nitrogens with zero attached hydrogens (tertiary/aromatic N) is 1. The van der Waals surface area contributed by atoms with E-state index in [1.807, 2.05) is 0 Å². The normalized spacial score (nSPS) is 10.1. The van der Waals surface area contributed by atoms with Gasteiger partial charge in [0.05, 0.1) is 10.5 Å². The number of carbonyl (C=O) groups is 1. The quantitative estimate of drug-likeness (QED) is 0.481. The topological polar surface area (TPSA) is 69.4 Å². The van der Waals surface area contributed by atoms with E-state index in [0.717, 1.165) is 11.8 Å². The first-order valence-corrected chi connectivity index (χ1v) is 6.00. The van der Waals surface area contributed by atoms with E-state index in [9.17, 15) is 14.9 Å². The van der Waals surface area contributed by atoms with Gasteiger partial charge in [-0.1, -0.05) is 6.07 Å². The number of carbonyl (C=O) groups excluding carboxylic acids is 1. The monoisotopic (exact) mass is 271 g/mol. The molecule has 0 atom stereocenters. The van der Waals surface area contributed by atoms with Gasteiger partial charge in [-0.2, -0.15) is 0 Å². The zero-order chi connectivity index (χ0) is 14.7. The molecule has 0 unspecified atom stereocenters. The number of nitro benzene ring substituents is 1. The number of hydrogen-bond donors (Lipinski definition) is 0. The van der Waals surface area contributed by atoms with Crippen molar-refractivity contribution in [3.63, 3.8) is 0 Å². The fraction of sp³-hybridized carbons (Fsp3) is 0.133. The van der Waals surface area contributed by atoms with E-state index in [1.54, 1.807) is 44.2 Å². The molecule has 5 nitrogen and oxygen atoms in total. The average molecular weight is 271 g/mol. The molecule has 0 bridgehead atoms. The summed E-state index contributed by atoms with van der Waals surface area (Å²) in [5.74, 6) is 0.967. The molecule has 0 aliphatic heterocycles. The average Bonchev–Trinajstić information content (AvgIpc) is 2.41. The molecule has 0 aromatic heterocycles. The minimum Gasteiger partial charge on any atom is -0.457 e. The lowest BCUT2D eigenvalue weighted by Gasteiger charge is -2.10. The lowest BCUT2D eigenvalue weighted by atomic mass is 10.1. The van der Waals surface area contributed by atoms with Gasteiger partial charge in [0.25, 0.3) is 5.69 Å². The van der Waals surface area contributed by atoms with Gasteiger partial charge in [0.15, 0.2) is 0 Å². The summed E-state index contributed by atoms with van der Waals surface area (Å²) >= 11 is 0. The molecule has 0 spiro atoms. The molecule has 0 radical (unpaired) electrons. The lowest BCUT2D eigenvalue weighted by Crippen LogP contribution is -1.95. The van der Waals surface area contributed by atoms with Crippen molar-refractivity contribution >= 4 is 12.0 Å². The van der Waals surface area contributed by atoms with E-state index < -0.39 is 4.92 Å². The van der Waals surface area contributed by atoms with Gasteiger partial charge in [-0.3, -0.25) is 14.9 Å². The van der Waals surface area contributed by atoms with Crippen LogP contribution in [0.25, 0.3) is 0 Å². The van der Waals surface area contributed by atoms with Crippen molar-refractivity contribution < 1.29 is 14.5 Å². The van der Waals surface area contributed by atoms with Crippen molar-refractivity contribution in [2.24, 2.45) is 0 Å². The van der Waals surface area contributed by atoms with Gasteiger partial charge in [-0.05, 0) is 43.7 Å². The van der Waals surface area contributed by atoms with Gasteiger partial charge in [-0.25, -0.2) is 0 Å². The maximum absolute atomic E-state index is 10.9. The Hall–Kier alpha value is -2.69. The van der Waals surface area contributed by atoms with Crippen LogP contribution in [0, 0.1) is 24.0 Å². The van der Waals surface area contributed by atoms with Crippen LogP contribution in [0.3, 0.4) is 0 Å². The molecule has 0 fully saturated rings. The Morgan fingerprint density at radius 1 is 1.20 bits per heavy atom. The van der Waals surface area contributed by atoms with Gasteiger partial charge in [0, 0.05) is 11.6 Å². The molecule has 0 amide bonds. The van der Waals surface area contributed by atoms with Crippen molar-refractivity contribution in [3.8, 4) is 11.5 Å². The van der Waals surface area contributed by atoms with E-state index in [0.29, 0.717) is 22.6 Å². The molecule has 2 aromatic carbocycles. The predicted molar refractivity (Wildman–Crippen MR) is 74.5 cm³/mol. The van der Waals surface area contributed by atoms with Crippen LogP contribution in [0.1, 0.15) is 21.5 Å². The van der Waals surface area contributed by atoms with Gasteiger partial charge in [0.2, 0.25) is 0 Å². The Morgan fingerprint density at radius 2 is 1.95 bits per heavy atom. The standard InChI is InChI=1S/C15H13NO4/c1-10-8-13(7-6-12(10)9-17)20-15-5-3-4-14(11(15)2)16(18)19/h3-9H,1-2H3. The first-order valence-electron chi connectivity index (χ1n) is 6.00. The van der Waals surface area contributed by atoms with E-state index in [1.165, 1.54) is 6.07 Å². The third kappa shape index (κ3) is 2.66. The number of ether oxygens (including phenoxy) is 1. The molecule has 2 rings (SSSR count). The summed E-state index contributed by atoms with van der Waals surface area (Å²) in [6.07, 6.45) is 0.776. The first-order chi connectivity index (χ1) is 9.52. The largest absolute Gasteiger partial charge is 0.457 e. The van der Waals surface area contributed by atoms with E-state index in [2.05, 4.69) is 0 Å². The molecule has 2 aromatic rings. The van der Waals surface area contributed by atoms with Crippen LogP contribution < -0.4 is 4.74 Å². The summed E-state index contributed by atoms with van der Waals surface area (Å²) < 4.78 is 5.66. The zero-order valence-electron chi connectivity index (χ0n) is 11.1. The number of aldehydes is 1. The fourth-order valence-corrected chi connectivity index (χ4v) is 1.88. The summed E-state index contributed by atoms with van der Waals surface area (Å²) in [5.41, 5.74) is 1.87. The molecule has 0 saturated heterocycles. The minimum absolute atomic E-state index is 0.0173. The van der Waals surface area contributed by atoms with Crippen molar-refractivity contribution in [2.45, 2.75) is 13.8 Å². The van der Waals surface area contributed by atoms with Crippen LogP contribution in [-0.4, -0.2) is 11.2 Å². The highest BCUT2D eigenvalue weighted by molar-refractivity contribution is 5.77. The first kappa shape index (κ1) is 13.7. The highest BCUT2D eigenvalue weighted by atomic mass is 16.6. The van der Waals surface area contributed by atoms with Crippen LogP contribution in [0.4, 0.5) is 5.69 Å². The molecule has 5 heteroatoms. The number of rotatable bonds is 4. The molecule has 0 heterocycles. The second kappa shape index (κ2) is 5.52. The van der Waals surface area contributed by atoms with Crippen molar-refractivity contribution in [3.05, 3.63) is 63.2 Å². The lowest BCUT2D eigenvalue weighted by molar-refractivity contribution is -0.385. The zero-order valence-corrected chi connectivity index (χ0v) is 11.1. The Morgan fingerprint density at radius 3 is 2.55 bits per heavy atom. The number of benzene rings is 2. The molecule has 0 aliphatic rings. The van der Waals surface area contributed by atoms with Gasteiger partial charge in [-0.15, -0.1) is 0 Å². The van der Waals surface area contributed by atoms with Crippen molar-refractivity contribution in [1.29, 1.82) is 0 Å². The Kier molecular flexibility index (Phi) is 3.79. The molecule has 102 valence electrons. The summed E-state index contributed by atoms with van der Waals surface area (Å²) in [5, 5.41) is 10.9. The smallest absolute Gasteiger partial charge is 0.276 e. The highest BCUT2D eigenvalue weighted by Crippen LogP contribution is 2.31. The van der Waals surface area contributed by atoms with Crippen LogP contribution in [-0.2, 0) is 0 Å². The van der Waals surface area contributed by atoms with E-state index in [-0.39, 0.29) is 5.69 Å². The predicted octanol–water partition coefficient (Wildman–Crippen LogP) is 3.82. The Bertz CT molecular complexity index is 680. The molecule has 0 N–H and O–H groups in total. The summed E-state index contributed by atoms with van der Waals surface area (Å²) in [7, 11) is 0. The maximum Gasteiger partial charge on any atom is 0.276 e. The van der Waals surface area contributed by atoms with E-state index in [4.69, 9.17) is 4.74 Å². The summed E-state index contributed by atoms with van der Waals surface area (Å²) in [6, 6.07) is 9.72. The van der Waals surface area contributed by atoms with Crippen LogP contribution >= 0.6 is 0 Å². The van der Waals surface area contributed by atoms with E-state index >= 15 is 0 Å². The van der Waals surface area contributed by atoms with Gasteiger partial charge < -0.3 is 4.74 Å². The molecule has 0 aliphatic carbocycles. The van der Waals surface area contributed by atoms with Crippen molar-refractivity contribution in [1.82, 2.24) is 0 Å². The Labute approximate surface area is 116 Å². The second-order valence-corrected chi connectivity index (χ2v) is 4.40. The maximum atomic E-state index is 10.9. The summed E-state index contributed by atoms with van der Waals surface area (Å²) in [4.78, 5) is 21.2. The highest BCUT2D eigenvalue weighted by Gasteiger charge is 2.14. The number of hydrogen-bond acceptors (Lipinski definition) is 4. The number of nitro groups is 1. The van der Waals surface area contributed by atoms with Crippen molar-refractivity contribution in [2.75, 3.05) is 0 Å². The minimum atomic E-state index is -0.442. The van der Waals surface area contributed by atoms with Crippen LogP contribution in [0.5, 0.6) is 11.5 Å². The fourth-order valence-electron chi connectivity index (χ4n) is 1.88. The molecule has 0 saturated carbocycles. The number of aryl methyl sites for hydroxylation is 1. The third-order valence-corrected chi connectivity index (χ3v) is 3.05. The van der Waals surface area contributed by atoms with Gasteiger partial charge in [0.1, 0.15) is 17.8 Å². The molecule has 20 heavy (non-hydrogen) atoms. The Balaban J connectivity index is 2.35. The third-order valence-electron chi connectivity index (χ3n) is 3.05. The van der Waals surface area contributed by atoms with Crippen LogP contribution in [0.2, 0.25) is 0 Å². The van der Waals surface area contributed by atoms with Crippen LogP contribution in [0.15, 0.2) is 36.4 Å². The molecular formula is C15H13NO4. The van der Waals surface area contributed by atoms with Gasteiger partial charge >= 0.3 is 0 Å². The molecular weight excluding hydrogens is 258 g/mol.